The van der Waals surface area contributed by atoms with Gasteiger partial charge in [-0.05, 0) is 58.8 Å². The van der Waals surface area contributed by atoms with Crippen molar-refractivity contribution in [2.24, 2.45) is 0 Å². The predicted molar refractivity (Wildman–Crippen MR) is 106 cm³/mol. The summed E-state index contributed by atoms with van der Waals surface area (Å²) in [7, 11) is 1.56. The second-order valence-corrected chi connectivity index (χ2v) is 7.08. The lowest BCUT2D eigenvalue weighted by molar-refractivity contribution is -0.128. The van der Waals surface area contributed by atoms with Gasteiger partial charge in [0.05, 0.1) is 12.8 Å². The third-order valence-corrected chi connectivity index (χ3v) is 5.37. The molecule has 0 spiro atoms. The largest absolute Gasteiger partial charge is 0.497 e. The van der Waals surface area contributed by atoms with E-state index in [9.17, 15) is 14.0 Å². The number of amides is 2. The highest BCUT2D eigenvalue weighted by atomic mass is 32.1. The van der Waals surface area contributed by atoms with Gasteiger partial charge in [0.1, 0.15) is 24.2 Å². The summed E-state index contributed by atoms with van der Waals surface area (Å²) < 4.78 is 19.5. The summed E-state index contributed by atoms with van der Waals surface area (Å²) in [5.74, 6) is -0.520. The first kappa shape index (κ1) is 18.2. The number of halogens is 1. The smallest absolute Gasteiger partial charge is 0.255 e. The topological polar surface area (TPSA) is 49.9 Å². The van der Waals surface area contributed by atoms with Crippen LogP contribution in [-0.4, -0.2) is 25.5 Å². The summed E-state index contributed by atoms with van der Waals surface area (Å²) >= 11 is 1.44. The number of methoxy groups -OCH3 is 1. The minimum Gasteiger partial charge on any atom is -0.497 e. The number of para-hydroxylation sites is 1. The molecule has 5 nitrogen and oxygen atoms in total. The van der Waals surface area contributed by atoms with E-state index in [1.54, 1.807) is 43.5 Å². The Morgan fingerprint density at radius 3 is 2.46 bits per heavy atom. The molecule has 0 aliphatic carbocycles. The molecule has 2 amide bonds. The van der Waals surface area contributed by atoms with Crippen LogP contribution in [0.2, 0.25) is 0 Å². The standard InChI is InChI=1S/C21H17FN2O3S/c1-27-16-8-6-15(7-9-16)24-19(25)12-23(18-5-3-2-4-17(18)22)21(26)20(24)14-10-11-28-13-14/h2-11,13,20H,12H2,1H3/t20-/m0/s1. The van der Waals surface area contributed by atoms with Crippen molar-refractivity contribution < 1.29 is 18.7 Å². The van der Waals surface area contributed by atoms with Crippen molar-refractivity contribution in [2.75, 3.05) is 23.5 Å². The van der Waals surface area contributed by atoms with Crippen molar-refractivity contribution in [3.8, 4) is 5.75 Å². The number of ether oxygens (including phenoxy) is 1. The number of piperazine rings is 1. The summed E-state index contributed by atoms with van der Waals surface area (Å²) in [5, 5.41) is 3.68. The van der Waals surface area contributed by atoms with Gasteiger partial charge in [-0.25, -0.2) is 4.39 Å². The van der Waals surface area contributed by atoms with E-state index in [2.05, 4.69) is 0 Å². The van der Waals surface area contributed by atoms with Crippen molar-refractivity contribution >= 4 is 34.5 Å². The number of anilines is 2. The van der Waals surface area contributed by atoms with Crippen LogP contribution in [0.15, 0.2) is 65.4 Å². The summed E-state index contributed by atoms with van der Waals surface area (Å²) in [4.78, 5) is 29.1. The van der Waals surface area contributed by atoms with Gasteiger partial charge in [-0.15, -0.1) is 0 Å². The van der Waals surface area contributed by atoms with Crippen LogP contribution in [-0.2, 0) is 9.59 Å². The van der Waals surface area contributed by atoms with Gasteiger partial charge in [-0.1, -0.05) is 12.1 Å². The SMILES string of the molecule is COc1ccc(N2C(=O)CN(c3ccccc3F)C(=O)[C@@H]2c2ccsc2)cc1. The molecule has 0 bridgehead atoms. The maximum absolute atomic E-state index is 14.3. The first-order valence-corrected chi connectivity index (χ1v) is 9.58. The van der Waals surface area contributed by atoms with E-state index >= 15 is 0 Å². The molecule has 0 N–H and O–H groups in total. The molecule has 3 aromatic rings. The van der Waals surface area contributed by atoms with Crippen LogP contribution in [0.25, 0.3) is 0 Å². The molecule has 0 radical (unpaired) electrons. The number of carbonyl (C=O) groups is 2. The van der Waals surface area contributed by atoms with E-state index in [4.69, 9.17) is 4.74 Å². The van der Waals surface area contributed by atoms with Crippen LogP contribution in [0.1, 0.15) is 11.6 Å². The monoisotopic (exact) mass is 396 g/mol. The zero-order chi connectivity index (χ0) is 19.7. The van der Waals surface area contributed by atoms with Crippen LogP contribution in [0, 0.1) is 5.82 Å². The third-order valence-electron chi connectivity index (χ3n) is 4.67. The second-order valence-electron chi connectivity index (χ2n) is 6.30. The van der Waals surface area contributed by atoms with Crippen LogP contribution >= 0.6 is 11.3 Å². The number of hydrogen-bond donors (Lipinski definition) is 0. The molecule has 28 heavy (non-hydrogen) atoms. The van der Waals surface area contributed by atoms with Crippen molar-refractivity contribution in [1.29, 1.82) is 0 Å². The van der Waals surface area contributed by atoms with E-state index in [1.165, 1.54) is 33.3 Å². The first-order chi connectivity index (χ1) is 13.6. The van der Waals surface area contributed by atoms with Crippen molar-refractivity contribution in [3.05, 3.63) is 76.7 Å². The van der Waals surface area contributed by atoms with E-state index in [0.29, 0.717) is 17.0 Å². The van der Waals surface area contributed by atoms with Gasteiger partial charge < -0.3 is 4.74 Å². The molecule has 1 aliphatic rings. The highest BCUT2D eigenvalue weighted by Crippen LogP contribution is 2.36. The average molecular weight is 396 g/mol. The summed E-state index contributed by atoms with van der Waals surface area (Å²) in [6.07, 6.45) is 0. The number of rotatable bonds is 4. The van der Waals surface area contributed by atoms with E-state index in [1.807, 2.05) is 16.8 Å². The maximum atomic E-state index is 14.3. The maximum Gasteiger partial charge on any atom is 0.255 e. The highest BCUT2D eigenvalue weighted by molar-refractivity contribution is 7.08. The van der Waals surface area contributed by atoms with Gasteiger partial charge in [0.15, 0.2) is 0 Å². The molecule has 1 aromatic heterocycles. The van der Waals surface area contributed by atoms with Crippen LogP contribution in [0.3, 0.4) is 0 Å². The number of thiophene rings is 1. The molecule has 1 fully saturated rings. The van der Waals surface area contributed by atoms with Crippen molar-refractivity contribution in [3.63, 3.8) is 0 Å². The fraction of sp³-hybridized carbons (Fsp3) is 0.143. The van der Waals surface area contributed by atoms with Gasteiger partial charge in [0.25, 0.3) is 5.91 Å². The number of carbonyl (C=O) groups excluding carboxylic acids is 2. The Labute approximate surface area is 165 Å². The minimum atomic E-state index is -0.861. The van der Waals surface area contributed by atoms with Gasteiger partial charge in [-0.2, -0.15) is 11.3 Å². The Bertz CT molecular complexity index is 1000. The molecule has 2 aromatic carbocycles. The molecule has 1 aliphatic heterocycles. The van der Waals surface area contributed by atoms with Crippen LogP contribution in [0.5, 0.6) is 5.75 Å². The number of nitrogens with zero attached hydrogens (tertiary/aromatic N) is 2. The molecule has 1 atom stereocenters. The molecule has 1 saturated heterocycles. The number of hydrogen-bond acceptors (Lipinski definition) is 4. The highest BCUT2D eigenvalue weighted by Gasteiger charge is 2.42. The third kappa shape index (κ3) is 3.14. The van der Waals surface area contributed by atoms with E-state index < -0.39 is 11.9 Å². The Morgan fingerprint density at radius 2 is 1.82 bits per heavy atom. The normalized spacial score (nSPS) is 17.1. The first-order valence-electron chi connectivity index (χ1n) is 8.64. The van der Waals surface area contributed by atoms with Crippen LogP contribution < -0.4 is 14.5 Å². The lowest BCUT2D eigenvalue weighted by atomic mass is 10.0. The predicted octanol–water partition coefficient (Wildman–Crippen LogP) is 4.02. The Balaban J connectivity index is 1.78. The molecule has 4 rings (SSSR count). The summed E-state index contributed by atoms with van der Waals surface area (Å²) in [5.41, 5.74) is 1.39. The Kier molecular flexibility index (Phi) is 4.83. The fourth-order valence-corrected chi connectivity index (χ4v) is 4.00. The van der Waals surface area contributed by atoms with E-state index in [0.717, 1.165) is 0 Å². The van der Waals surface area contributed by atoms with Gasteiger partial charge >= 0.3 is 0 Å². The van der Waals surface area contributed by atoms with Crippen LogP contribution in [0.4, 0.5) is 15.8 Å². The van der Waals surface area contributed by atoms with E-state index in [-0.39, 0.29) is 24.0 Å². The zero-order valence-corrected chi connectivity index (χ0v) is 15.9. The summed E-state index contributed by atoms with van der Waals surface area (Å²) in [6.45, 7) is -0.230. The lowest BCUT2D eigenvalue weighted by Crippen LogP contribution is -2.56. The Morgan fingerprint density at radius 1 is 1.07 bits per heavy atom. The van der Waals surface area contributed by atoms with Crippen molar-refractivity contribution in [1.82, 2.24) is 0 Å². The molecular weight excluding hydrogens is 379 g/mol. The number of benzene rings is 2. The quantitative estimate of drug-likeness (QED) is 0.669. The molecule has 2 heterocycles. The molecule has 0 unspecified atom stereocenters. The zero-order valence-electron chi connectivity index (χ0n) is 15.0. The molecule has 142 valence electrons. The van der Waals surface area contributed by atoms with Crippen molar-refractivity contribution in [2.45, 2.75) is 6.04 Å². The van der Waals surface area contributed by atoms with Gasteiger partial charge in [0.2, 0.25) is 5.91 Å². The summed E-state index contributed by atoms with van der Waals surface area (Å²) in [6, 6.07) is 13.9. The lowest BCUT2D eigenvalue weighted by Gasteiger charge is -2.40. The van der Waals surface area contributed by atoms with Gasteiger partial charge in [0, 0.05) is 5.69 Å². The minimum absolute atomic E-state index is 0.107. The fourth-order valence-electron chi connectivity index (χ4n) is 3.32. The molecule has 7 heteroatoms. The molecular formula is C21H17FN2O3S. The average Bonchev–Trinajstić information content (AvgIpc) is 3.24. The second kappa shape index (κ2) is 7.44. The molecule has 0 saturated carbocycles. The Hall–Kier alpha value is -3.19. The van der Waals surface area contributed by atoms with Gasteiger partial charge in [-0.3, -0.25) is 19.4 Å².